The fraction of sp³-hybridized carbons (Fsp3) is 0.857. The van der Waals surface area contributed by atoms with Gasteiger partial charge in [-0.2, -0.15) is 0 Å². The van der Waals surface area contributed by atoms with Crippen LogP contribution in [0.2, 0.25) is 0 Å². The molecule has 0 aliphatic heterocycles. The molecule has 1 saturated carbocycles. The van der Waals surface area contributed by atoms with Gasteiger partial charge in [0.25, 0.3) is 0 Å². The Labute approximate surface area is 50.8 Å². The zero-order valence-electron chi connectivity index (χ0n) is 5.27. The van der Waals surface area contributed by atoms with Crippen molar-refractivity contribution in [3.05, 3.63) is 0 Å². The summed E-state index contributed by atoms with van der Waals surface area (Å²) in [4.78, 5) is 3.81. The molecule has 1 fully saturated rings. The van der Waals surface area contributed by atoms with Gasteiger partial charge in [0.1, 0.15) is 0 Å². The van der Waals surface area contributed by atoms with E-state index in [1.54, 1.807) is 0 Å². The van der Waals surface area contributed by atoms with E-state index in [0.717, 1.165) is 12.5 Å². The molecule has 0 aromatic carbocycles. The molecule has 1 aliphatic carbocycles. The molecule has 1 heteroatoms. The number of hydrogen-bond donors (Lipinski definition) is 0. The van der Waals surface area contributed by atoms with Gasteiger partial charge in [0.15, 0.2) is 0 Å². The topological polar surface area (TPSA) is 12.4 Å². The minimum absolute atomic E-state index is 0.977. The van der Waals surface area contributed by atoms with E-state index in [4.69, 9.17) is 0 Å². The zero-order valence-corrected chi connectivity index (χ0v) is 5.27. The molecule has 46 valence electrons. The molecular formula is C7H13N. The summed E-state index contributed by atoms with van der Waals surface area (Å²) in [6, 6.07) is 0. The fourth-order valence-electron chi connectivity index (χ4n) is 1.06. The molecule has 0 saturated heterocycles. The first-order chi connectivity index (χ1) is 3.93. The van der Waals surface area contributed by atoms with Crippen molar-refractivity contribution in [2.45, 2.75) is 25.7 Å². The van der Waals surface area contributed by atoms with E-state index < -0.39 is 0 Å². The van der Waals surface area contributed by atoms with Crippen LogP contribution in [0.15, 0.2) is 4.99 Å². The summed E-state index contributed by atoms with van der Waals surface area (Å²) in [5.41, 5.74) is 0. The molecule has 0 heterocycles. The maximum absolute atomic E-state index is 3.81. The van der Waals surface area contributed by atoms with Gasteiger partial charge in [0.05, 0.1) is 0 Å². The van der Waals surface area contributed by atoms with E-state index in [9.17, 15) is 0 Å². The first-order valence-corrected chi connectivity index (χ1v) is 3.36. The molecule has 1 nitrogen and oxygen atoms in total. The predicted octanol–water partition coefficient (Wildman–Crippen LogP) is 1.88. The van der Waals surface area contributed by atoms with Crippen molar-refractivity contribution in [2.75, 3.05) is 6.54 Å². The molecule has 1 aliphatic rings. The molecule has 0 unspecified atom stereocenters. The molecule has 0 aromatic rings. The Morgan fingerprint density at radius 2 is 2.25 bits per heavy atom. The van der Waals surface area contributed by atoms with Crippen molar-refractivity contribution in [1.82, 2.24) is 0 Å². The Morgan fingerprint density at radius 1 is 1.50 bits per heavy atom. The standard InChI is InChI=1S/C7H13N/c1-8-6-5-7-3-2-4-7/h7H,1-6H2. The molecule has 0 amide bonds. The van der Waals surface area contributed by atoms with Gasteiger partial charge in [0.2, 0.25) is 0 Å². The zero-order chi connectivity index (χ0) is 5.82. The Hall–Kier alpha value is -0.330. The number of nitrogens with zero attached hydrogens (tertiary/aromatic N) is 1. The molecule has 0 bridgehead atoms. The Kier molecular flexibility index (Phi) is 2.07. The highest BCUT2D eigenvalue weighted by molar-refractivity contribution is 5.23. The van der Waals surface area contributed by atoms with Gasteiger partial charge in [0, 0.05) is 6.54 Å². The van der Waals surface area contributed by atoms with Crippen LogP contribution in [0.25, 0.3) is 0 Å². The van der Waals surface area contributed by atoms with Crippen LogP contribution in [0.3, 0.4) is 0 Å². The second kappa shape index (κ2) is 2.85. The van der Waals surface area contributed by atoms with Gasteiger partial charge in [-0.1, -0.05) is 19.3 Å². The maximum Gasteiger partial charge on any atom is 0.0384 e. The second-order valence-electron chi connectivity index (χ2n) is 2.53. The highest BCUT2D eigenvalue weighted by Gasteiger charge is 2.15. The summed E-state index contributed by atoms with van der Waals surface area (Å²) in [6.07, 6.45) is 5.61. The summed E-state index contributed by atoms with van der Waals surface area (Å²) in [5.74, 6) is 1.00. The Balaban J connectivity index is 1.93. The average molecular weight is 111 g/mol. The SMILES string of the molecule is C=NCCC1CCC1. The van der Waals surface area contributed by atoms with Crippen molar-refractivity contribution < 1.29 is 0 Å². The van der Waals surface area contributed by atoms with Crippen LogP contribution in [-0.4, -0.2) is 13.3 Å². The highest BCUT2D eigenvalue weighted by Crippen LogP contribution is 2.28. The quantitative estimate of drug-likeness (QED) is 0.493. The molecule has 1 rings (SSSR count). The van der Waals surface area contributed by atoms with Crippen LogP contribution in [-0.2, 0) is 0 Å². The number of aliphatic imine (C=N–C) groups is 1. The van der Waals surface area contributed by atoms with E-state index in [1.807, 2.05) is 0 Å². The maximum atomic E-state index is 3.81. The Morgan fingerprint density at radius 3 is 2.62 bits per heavy atom. The van der Waals surface area contributed by atoms with Crippen molar-refractivity contribution in [1.29, 1.82) is 0 Å². The Bertz CT molecular complexity index is 74.5. The van der Waals surface area contributed by atoms with E-state index in [0.29, 0.717) is 0 Å². The molecule has 0 spiro atoms. The molecular weight excluding hydrogens is 98.1 g/mol. The van der Waals surface area contributed by atoms with Gasteiger partial charge >= 0.3 is 0 Å². The van der Waals surface area contributed by atoms with Gasteiger partial charge in [-0.15, -0.1) is 0 Å². The third kappa shape index (κ3) is 1.32. The monoisotopic (exact) mass is 111 g/mol. The van der Waals surface area contributed by atoms with Gasteiger partial charge < -0.3 is 4.99 Å². The lowest BCUT2D eigenvalue weighted by Gasteiger charge is -2.23. The molecule has 0 aromatic heterocycles. The summed E-state index contributed by atoms with van der Waals surface area (Å²) in [6.45, 7) is 4.42. The summed E-state index contributed by atoms with van der Waals surface area (Å²) >= 11 is 0. The lowest BCUT2D eigenvalue weighted by Crippen LogP contribution is -2.11. The highest BCUT2D eigenvalue weighted by atomic mass is 14.7. The molecule has 0 N–H and O–H groups in total. The van der Waals surface area contributed by atoms with Gasteiger partial charge in [-0.05, 0) is 19.1 Å². The van der Waals surface area contributed by atoms with E-state index in [-0.39, 0.29) is 0 Å². The summed E-state index contributed by atoms with van der Waals surface area (Å²) in [7, 11) is 0. The van der Waals surface area contributed by atoms with Crippen LogP contribution in [0.4, 0.5) is 0 Å². The summed E-state index contributed by atoms with van der Waals surface area (Å²) < 4.78 is 0. The van der Waals surface area contributed by atoms with Crippen LogP contribution in [0.5, 0.6) is 0 Å². The second-order valence-corrected chi connectivity index (χ2v) is 2.53. The van der Waals surface area contributed by atoms with Crippen LogP contribution in [0, 0.1) is 5.92 Å². The lowest BCUT2D eigenvalue weighted by molar-refractivity contribution is 0.301. The molecule has 0 atom stereocenters. The van der Waals surface area contributed by atoms with Gasteiger partial charge in [-0.3, -0.25) is 0 Å². The average Bonchev–Trinajstić information content (AvgIpc) is 1.63. The van der Waals surface area contributed by atoms with Crippen molar-refractivity contribution in [3.63, 3.8) is 0 Å². The van der Waals surface area contributed by atoms with Crippen molar-refractivity contribution in [3.8, 4) is 0 Å². The van der Waals surface area contributed by atoms with E-state index >= 15 is 0 Å². The predicted molar refractivity (Wildman–Crippen MR) is 36.4 cm³/mol. The van der Waals surface area contributed by atoms with Crippen LogP contribution in [0.1, 0.15) is 25.7 Å². The third-order valence-electron chi connectivity index (χ3n) is 1.92. The fourth-order valence-corrected chi connectivity index (χ4v) is 1.06. The number of hydrogen-bond acceptors (Lipinski definition) is 1. The van der Waals surface area contributed by atoms with Gasteiger partial charge in [-0.25, -0.2) is 0 Å². The van der Waals surface area contributed by atoms with Crippen molar-refractivity contribution >= 4 is 6.72 Å². The van der Waals surface area contributed by atoms with Crippen molar-refractivity contribution in [2.24, 2.45) is 10.9 Å². The normalized spacial score (nSPS) is 20.0. The largest absolute Gasteiger partial charge is 0.301 e. The summed E-state index contributed by atoms with van der Waals surface area (Å²) in [5, 5.41) is 0. The first-order valence-electron chi connectivity index (χ1n) is 3.36. The van der Waals surface area contributed by atoms with E-state index in [1.165, 1.54) is 25.7 Å². The van der Waals surface area contributed by atoms with Crippen LogP contribution >= 0.6 is 0 Å². The smallest absolute Gasteiger partial charge is 0.0384 e. The van der Waals surface area contributed by atoms with E-state index in [2.05, 4.69) is 11.7 Å². The van der Waals surface area contributed by atoms with Crippen LogP contribution < -0.4 is 0 Å². The lowest BCUT2D eigenvalue weighted by atomic mass is 9.83. The molecule has 8 heavy (non-hydrogen) atoms. The third-order valence-corrected chi connectivity index (χ3v) is 1.92. The minimum atomic E-state index is 0.977. The minimum Gasteiger partial charge on any atom is -0.301 e. The first kappa shape index (κ1) is 5.80. The molecule has 0 radical (unpaired) electrons. The number of rotatable bonds is 3.